The first kappa shape index (κ1) is 27.3. The zero-order valence-electron chi connectivity index (χ0n) is 20.9. The number of pyridine rings is 1. The lowest BCUT2D eigenvalue weighted by Crippen LogP contribution is -2.41. The predicted molar refractivity (Wildman–Crippen MR) is 136 cm³/mol. The van der Waals surface area contributed by atoms with Crippen LogP contribution in [0.1, 0.15) is 50.7 Å². The Morgan fingerprint density at radius 2 is 1.77 bits per heavy atom. The number of likely N-dealkylation sites (N-methyl/N-ethyl adjacent to an activating group) is 1. The second-order valence-electron chi connectivity index (χ2n) is 9.15. The van der Waals surface area contributed by atoms with E-state index < -0.39 is 26.2 Å². The maximum absolute atomic E-state index is 13.3. The van der Waals surface area contributed by atoms with Gasteiger partial charge in [-0.25, -0.2) is 13.4 Å². The molecule has 2 heterocycles. The molecule has 0 radical (unpaired) electrons. The predicted octanol–water partition coefficient (Wildman–Crippen LogP) is 3.65. The largest absolute Gasteiger partial charge is 0.342 e. The van der Waals surface area contributed by atoms with Crippen LogP contribution >= 0.6 is 0 Å². The standard InChI is InChI=1S/C24H34N4O5S2/c1-6-13-34(29,30)33-16-20(14-17(2)3)28(5)35(31,32)21-9-7-19(8-10-21)15-23-24-22(11-12-25-23)26-18(4)27-24/h7-12,17,20H,6,13-16H2,1-5H3,(H,26,27)/t20-/m0/s1. The van der Waals surface area contributed by atoms with E-state index in [0.29, 0.717) is 19.3 Å². The lowest BCUT2D eigenvalue weighted by Gasteiger charge is -2.28. The molecule has 35 heavy (non-hydrogen) atoms. The monoisotopic (exact) mass is 522 g/mol. The van der Waals surface area contributed by atoms with Gasteiger partial charge in [-0.3, -0.25) is 9.17 Å². The van der Waals surface area contributed by atoms with Crippen LogP contribution in [0.3, 0.4) is 0 Å². The van der Waals surface area contributed by atoms with Crippen LogP contribution in [-0.4, -0.2) is 61.5 Å². The highest BCUT2D eigenvalue weighted by Gasteiger charge is 2.30. The van der Waals surface area contributed by atoms with Crippen LogP contribution in [0.4, 0.5) is 0 Å². The van der Waals surface area contributed by atoms with Gasteiger partial charge in [-0.1, -0.05) is 32.9 Å². The third-order valence-electron chi connectivity index (χ3n) is 5.72. The average molecular weight is 523 g/mol. The third-order valence-corrected chi connectivity index (χ3v) is 9.05. The molecule has 192 valence electrons. The number of imidazole rings is 1. The molecule has 0 amide bonds. The van der Waals surface area contributed by atoms with Crippen LogP contribution in [0.25, 0.3) is 11.0 Å². The Morgan fingerprint density at radius 3 is 2.40 bits per heavy atom. The first-order valence-electron chi connectivity index (χ1n) is 11.7. The molecule has 0 saturated carbocycles. The molecule has 0 bridgehead atoms. The Bertz CT molecular complexity index is 1350. The Morgan fingerprint density at radius 1 is 1.09 bits per heavy atom. The van der Waals surface area contributed by atoms with Crippen LogP contribution < -0.4 is 0 Å². The number of nitrogens with one attached hydrogen (secondary N) is 1. The van der Waals surface area contributed by atoms with Crippen molar-refractivity contribution in [2.24, 2.45) is 5.92 Å². The quantitative estimate of drug-likeness (QED) is 0.360. The summed E-state index contributed by atoms with van der Waals surface area (Å²) in [6.07, 6.45) is 3.13. The average Bonchev–Trinajstić information content (AvgIpc) is 3.17. The zero-order valence-corrected chi connectivity index (χ0v) is 22.5. The Kier molecular flexibility index (Phi) is 8.68. The van der Waals surface area contributed by atoms with Crippen LogP contribution in [0.2, 0.25) is 0 Å². The first-order valence-corrected chi connectivity index (χ1v) is 14.7. The van der Waals surface area contributed by atoms with Crippen molar-refractivity contribution in [2.75, 3.05) is 19.4 Å². The first-order chi connectivity index (χ1) is 16.4. The molecule has 1 aromatic carbocycles. The van der Waals surface area contributed by atoms with Crippen molar-refractivity contribution in [1.82, 2.24) is 19.3 Å². The topological polar surface area (TPSA) is 122 Å². The van der Waals surface area contributed by atoms with Gasteiger partial charge in [0.25, 0.3) is 10.1 Å². The van der Waals surface area contributed by atoms with E-state index in [1.54, 1.807) is 37.4 Å². The second-order valence-corrected chi connectivity index (χ2v) is 12.9. The Balaban J connectivity index is 1.79. The van der Waals surface area contributed by atoms with Gasteiger partial charge in [0.2, 0.25) is 10.0 Å². The zero-order chi connectivity index (χ0) is 25.8. The Hall–Kier alpha value is -2.34. The molecule has 0 aliphatic rings. The van der Waals surface area contributed by atoms with E-state index in [4.69, 9.17) is 4.18 Å². The summed E-state index contributed by atoms with van der Waals surface area (Å²) >= 11 is 0. The van der Waals surface area contributed by atoms with Gasteiger partial charge in [0.1, 0.15) is 11.3 Å². The van der Waals surface area contributed by atoms with E-state index in [1.165, 1.54) is 11.4 Å². The number of benzene rings is 1. The fourth-order valence-electron chi connectivity index (χ4n) is 3.93. The van der Waals surface area contributed by atoms with Crippen molar-refractivity contribution < 1.29 is 21.0 Å². The highest BCUT2D eigenvalue weighted by Crippen LogP contribution is 2.23. The van der Waals surface area contributed by atoms with Crippen molar-refractivity contribution >= 4 is 31.2 Å². The minimum atomic E-state index is -3.86. The molecular formula is C24H34N4O5S2. The second kappa shape index (κ2) is 11.2. The minimum Gasteiger partial charge on any atom is -0.342 e. The summed E-state index contributed by atoms with van der Waals surface area (Å²) in [4.78, 5) is 12.3. The summed E-state index contributed by atoms with van der Waals surface area (Å²) < 4.78 is 57.1. The van der Waals surface area contributed by atoms with Crippen molar-refractivity contribution in [3.05, 3.63) is 53.6 Å². The summed E-state index contributed by atoms with van der Waals surface area (Å²) in [5.41, 5.74) is 3.42. The molecule has 0 fully saturated rings. The van der Waals surface area contributed by atoms with E-state index in [1.807, 2.05) is 26.8 Å². The summed E-state index contributed by atoms with van der Waals surface area (Å²) in [5.74, 6) is 0.860. The van der Waals surface area contributed by atoms with Gasteiger partial charge in [-0.05, 0) is 49.4 Å². The van der Waals surface area contributed by atoms with Crippen molar-refractivity contribution in [2.45, 2.75) is 57.9 Å². The summed E-state index contributed by atoms with van der Waals surface area (Å²) in [6, 6.07) is 7.92. The number of hydrogen-bond donors (Lipinski definition) is 1. The van der Waals surface area contributed by atoms with E-state index >= 15 is 0 Å². The maximum atomic E-state index is 13.3. The fourth-order valence-corrected chi connectivity index (χ4v) is 6.27. The maximum Gasteiger partial charge on any atom is 0.267 e. The molecule has 0 aliphatic carbocycles. The minimum absolute atomic E-state index is 0.0975. The van der Waals surface area contributed by atoms with Gasteiger partial charge in [0.15, 0.2) is 0 Å². The van der Waals surface area contributed by atoms with E-state index in [2.05, 4.69) is 15.0 Å². The van der Waals surface area contributed by atoms with Gasteiger partial charge in [0, 0.05) is 25.7 Å². The van der Waals surface area contributed by atoms with Gasteiger partial charge in [-0.15, -0.1) is 0 Å². The molecule has 0 saturated heterocycles. The lowest BCUT2D eigenvalue weighted by molar-refractivity contribution is 0.204. The number of rotatable bonds is 12. The Labute approximate surface area is 208 Å². The lowest BCUT2D eigenvalue weighted by atomic mass is 10.1. The molecular weight excluding hydrogens is 488 g/mol. The summed E-state index contributed by atoms with van der Waals surface area (Å²) in [7, 11) is -6.08. The number of nitrogens with zero attached hydrogens (tertiary/aromatic N) is 3. The van der Waals surface area contributed by atoms with Gasteiger partial charge in [-0.2, -0.15) is 12.7 Å². The molecule has 2 aromatic heterocycles. The molecule has 9 nitrogen and oxygen atoms in total. The summed E-state index contributed by atoms with van der Waals surface area (Å²) in [6.45, 7) is 7.33. The highest BCUT2D eigenvalue weighted by molar-refractivity contribution is 7.89. The fraction of sp³-hybridized carbons (Fsp3) is 0.500. The van der Waals surface area contributed by atoms with Crippen LogP contribution in [0.5, 0.6) is 0 Å². The third kappa shape index (κ3) is 6.87. The van der Waals surface area contributed by atoms with E-state index in [9.17, 15) is 16.8 Å². The number of aryl methyl sites for hydroxylation is 1. The van der Waals surface area contributed by atoms with E-state index in [-0.39, 0.29) is 23.2 Å². The number of sulfonamides is 1. The molecule has 11 heteroatoms. The molecule has 3 aromatic rings. The SMILES string of the molecule is CCCS(=O)(=O)OC[C@H](CC(C)C)N(C)S(=O)(=O)c1ccc(Cc2nccc3[nH]c(C)nc23)cc1. The molecule has 0 spiro atoms. The normalized spacial score (nSPS) is 13.7. The van der Waals surface area contributed by atoms with E-state index in [0.717, 1.165) is 28.1 Å². The molecule has 3 rings (SSSR count). The number of aromatic amines is 1. The van der Waals surface area contributed by atoms with Crippen molar-refractivity contribution in [3.8, 4) is 0 Å². The van der Waals surface area contributed by atoms with Crippen molar-refractivity contribution in [1.29, 1.82) is 0 Å². The van der Waals surface area contributed by atoms with Gasteiger partial charge >= 0.3 is 0 Å². The van der Waals surface area contributed by atoms with Gasteiger partial charge < -0.3 is 4.98 Å². The number of aromatic nitrogens is 3. The summed E-state index contributed by atoms with van der Waals surface area (Å²) in [5, 5.41) is 0. The molecule has 1 atom stereocenters. The van der Waals surface area contributed by atoms with Crippen LogP contribution in [0, 0.1) is 12.8 Å². The smallest absolute Gasteiger partial charge is 0.267 e. The molecule has 0 aliphatic heterocycles. The van der Waals surface area contributed by atoms with Crippen LogP contribution in [-0.2, 0) is 30.7 Å². The number of hydrogen-bond acceptors (Lipinski definition) is 7. The van der Waals surface area contributed by atoms with Gasteiger partial charge in [0.05, 0.1) is 28.5 Å². The number of H-pyrrole nitrogens is 1. The molecule has 0 unspecified atom stereocenters. The van der Waals surface area contributed by atoms with Crippen LogP contribution in [0.15, 0.2) is 41.4 Å². The molecule has 1 N–H and O–H groups in total. The number of fused-ring (bicyclic) bond motifs is 1. The highest BCUT2D eigenvalue weighted by atomic mass is 32.2. The van der Waals surface area contributed by atoms with Crippen molar-refractivity contribution in [3.63, 3.8) is 0 Å².